The van der Waals surface area contributed by atoms with Crippen LogP contribution >= 0.6 is 0 Å². The molecular weight excluding hydrogens is 432 g/mol. The van der Waals surface area contributed by atoms with E-state index < -0.39 is 0 Å². The molecule has 0 saturated heterocycles. The van der Waals surface area contributed by atoms with Crippen LogP contribution < -0.4 is 0 Å². The first-order valence-corrected chi connectivity index (χ1v) is 13.3. The van der Waals surface area contributed by atoms with Crippen molar-refractivity contribution >= 4 is 5.57 Å². The van der Waals surface area contributed by atoms with Crippen LogP contribution in [0.2, 0.25) is 0 Å². The van der Waals surface area contributed by atoms with Gasteiger partial charge in [-0.3, -0.25) is 0 Å². The van der Waals surface area contributed by atoms with E-state index in [0.717, 1.165) is 12.3 Å². The SMILES string of the molecule is C.C=C/C=C\C1=C(CC)c2ccccc2C1(c1ccccc1)c1ccc(C)cc1.CC.CCC(C)C. The van der Waals surface area contributed by atoms with E-state index in [4.69, 9.17) is 0 Å². The van der Waals surface area contributed by atoms with Crippen LogP contribution in [0.4, 0.5) is 0 Å². The molecule has 4 rings (SSSR count). The molecule has 0 amide bonds. The van der Waals surface area contributed by atoms with E-state index in [1.54, 1.807) is 0 Å². The van der Waals surface area contributed by atoms with Crippen molar-refractivity contribution in [3.05, 3.63) is 137 Å². The molecule has 0 radical (unpaired) electrons. The standard InChI is InChI=1S/C28H26.C5H12.C2H6.CH4/c1-4-6-15-26-24(5-2)25-14-10-11-16-27(25)28(26,22-12-8-7-9-13-22)23-19-17-21(3)18-20-23;1-4-5(2)3;1-2;/h4,6-20H,1,5H2,2-3H3;5H,4H2,1-3H3;1-2H3;1H4/b15-6-;;;. The first kappa shape index (κ1) is 30.9. The van der Waals surface area contributed by atoms with Crippen LogP contribution in [-0.4, -0.2) is 0 Å². The first-order chi connectivity index (χ1) is 17.0. The minimum absolute atomic E-state index is 0. The topological polar surface area (TPSA) is 0 Å². The van der Waals surface area contributed by atoms with E-state index in [9.17, 15) is 0 Å². The number of fused-ring (bicyclic) bond motifs is 1. The summed E-state index contributed by atoms with van der Waals surface area (Å²) in [4.78, 5) is 0. The molecule has 192 valence electrons. The summed E-state index contributed by atoms with van der Waals surface area (Å²) in [5, 5.41) is 0. The summed E-state index contributed by atoms with van der Waals surface area (Å²) >= 11 is 0. The number of benzene rings is 3. The molecule has 0 aliphatic heterocycles. The third kappa shape index (κ3) is 6.35. The second-order valence-electron chi connectivity index (χ2n) is 9.17. The Morgan fingerprint density at radius 1 is 0.806 bits per heavy atom. The lowest BCUT2D eigenvalue weighted by Crippen LogP contribution is -2.29. The molecule has 0 saturated carbocycles. The van der Waals surface area contributed by atoms with Gasteiger partial charge in [0.1, 0.15) is 0 Å². The van der Waals surface area contributed by atoms with Crippen molar-refractivity contribution in [2.24, 2.45) is 5.92 Å². The summed E-state index contributed by atoms with van der Waals surface area (Å²) in [7, 11) is 0. The van der Waals surface area contributed by atoms with Crippen LogP contribution in [0.25, 0.3) is 5.57 Å². The smallest absolute Gasteiger partial charge is 0.0710 e. The van der Waals surface area contributed by atoms with E-state index in [0.29, 0.717) is 0 Å². The largest absolute Gasteiger partial charge is 0.0991 e. The highest BCUT2D eigenvalue weighted by Gasteiger charge is 2.46. The van der Waals surface area contributed by atoms with Crippen molar-refractivity contribution in [1.82, 2.24) is 0 Å². The normalized spacial score (nSPS) is 15.9. The van der Waals surface area contributed by atoms with Crippen molar-refractivity contribution in [1.29, 1.82) is 0 Å². The van der Waals surface area contributed by atoms with Gasteiger partial charge in [-0.1, -0.05) is 165 Å². The highest BCUT2D eigenvalue weighted by Crippen LogP contribution is 2.55. The molecule has 3 aromatic carbocycles. The highest BCUT2D eigenvalue weighted by molar-refractivity contribution is 5.87. The van der Waals surface area contributed by atoms with Crippen LogP contribution in [-0.2, 0) is 5.41 Å². The monoisotopic (exact) mass is 480 g/mol. The average Bonchev–Trinajstić information content (AvgIpc) is 3.20. The number of hydrogen-bond acceptors (Lipinski definition) is 0. The molecule has 1 aliphatic rings. The maximum atomic E-state index is 3.92. The van der Waals surface area contributed by atoms with Gasteiger partial charge in [-0.25, -0.2) is 0 Å². The van der Waals surface area contributed by atoms with Gasteiger partial charge in [-0.2, -0.15) is 0 Å². The van der Waals surface area contributed by atoms with Crippen LogP contribution in [0, 0.1) is 12.8 Å². The van der Waals surface area contributed by atoms with Crippen molar-refractivity contribution in [2.75, 3.05) is 0 Å². The summed E-state index contributed by atoms with van der Waals surface area (Å²) < 4.78 is 0. The average molecular weight is 481 g/mol. The highest BCUT2D eigenvalue weighted by atomic mass is 14.5. The number of hydrogen-bond donors (Lipinski definition) is 0. The van der Waals surface area contributed by atoms with Gasteiger partial charge >= 0.3 is 0 Å². The zero-order chi connectivity index (χ0) is 25.8. The maximum absolute atomic E-state index is 3.92. The van der Waals surface area contributed by atoms with Crippen LogP contribution in [0.3, 0.4) is 0 Å². The third-order valence-electron chi connectivity index (χ3n) is 6.65. The Morgan fingerprint density at radius 2 is 1.33 bits per heavy atom. The van der Waals surface area contributed by atoms with E-state index in [1.807, 2.05) is 19.9 Å². The Bertz CT molecular complexity index is 1110. The second kappa shape index (κ2) is 15.1. The number of allylic oxidation sites excluding steroid dienone is 5. The summed E-state index contributed by atoms with van der Waals surface area (Å²) in [5.74, 6) is 0.884. The molecule has 1 unspecified atom stereocenters. The molecule has 0 heteroatoms. The predicted octanol–water partition coefficient (Wildman–Crippen LogP) is 11.0. The minimum Gasteiger partial charge on any atom is -0.0991 e. The van der Waals surface area contributed by atoms with Gasteiger partial charge < -0.3 is 0 Å². The van der Waals surface area contributed by atoms with Gasteiger partial charge in [0, 0.05) is 0 Å². The fourth-order valence-electron chi connectivity index (χ4n) is 4.64. The summed E-state index contributed by atoms with van der Waals surface area (Å²) in [5.41, 5.74) is 9.08. The Hall–Kier alpha value is -3.12. The predicted molar refractivity (Wildman–Crippen MR) is 164 cm³/mol. The third-order valence-corrected chi connectivity index (χ3v) is 6.65. The minimum atomic E-state index is -0.309. The Labute approximate surface area is 222 Å². The molecule has 1 atom stereocenters. The Morgan fingerprint density at radius 3 is 1.86 bits per heavy atom. The summed E-state index contributed by atoms with van der Waals surface area (Å²) in [6.07, 6.45) is 8.50. The molecule has 0 N–H and O–H groups in total. The van der Waals surface area contributed by atoms with Gasteiger partial charge in [-0.05, 0) is 52.7 Å². The maximum Gasteiger partial charge on any atom is 0.0710 e. The molecule has 1 aliphatic carbocycles. The second-order valence-corrected chi connectivity index (χ2v) is 9.17. The molecule has 36 heavy (non-hydrogen) atoms. The van der Waals surface area contributed by atoms with Gasteiger partial charge in [0.25, 0.3) is 0 Å². The molecule has 0 aromatic heterocycles. The molecule has 0 fully saturated rings. The quantitative estimate of drug-likeness (QED) is 0.308. The lowest BCUT2D eigenvalue weighted by Gasteiger charge is -2.35. The lowest BCUT2D eigenvalue weighted by atomic mass is 9.66. The number of aryl methyl sites for hydroxylation is 1. The van der Waals surface area contributed by atoms with Crippen molar-refractivity contribution in [3.63, 3.8) is 0 Å². The van der Waals surface area contributed by atoms with Crippen LogP contribution in [0.1, 0.15) is 89.6 Å². The lowest BCUT2D eigenvalue weighted by molar-refractivity contribution is 0.626. The summed E-state index contributed by atoms with van der Waals surface area (Å²) in [6, 6.07) is 28.8. The molecule has 3 aromatic rings. The fourth-order valence-corrected chi connectivity index (χ4v) is 4.64. The molecule has 0 spiro atoms. The van der Waals surface area contributed by atoms with E-state index in [1.165, 1.54) is 45.4 Å². The van der Waals surface area contributed by atoms with E-state index >= 15 is 0 Å². The van der Waals surface area contributed by atoms with E-state index in [2.05, 4.69) is 132 Å². The van der Waals surface area contributed by atoms with Gasteiger partial charge in [0.05, 0.1) is 5.41 Å². The van der Waals surface area contributed by atoms with Crippen molar-refractivity contribution in [2.45, 2.75) is 74.1 Å². The molecule has 0 nitrogen and oxygen atoms in total. The van der Waals surface area contributed by atoms with Gasteiger partial charge in [0.2, 0.25) is 0 Å². The van der Waals surface area contributed by atoms with E-state index in [-0.39, 0.29) is 12.8 Å². The van der Waals surface area contributed by atoms with Gasteiger partial charge in [-0.15, -0.1) is 0 Å². The van der Waals surface area contributed by atoms with Crippen molar-refractivity contribution < 1.29 is 0 Å². The van der Waals surface area contributed by atoms with Crippen LogP contribution in [0.15, 0.2) is 109 Å². The summed E-state index contributed by atoms with van der Waals surface area (Å²) in [6.45, 7) is 19.0. The zero-order valence-electron chi connectivity index (χ0n) is 22.9. The molecular formula is C36H48. The fraction of sp³-hybridized carbons (Fsp3) is 0.333. The van der Waals surface area contributed by atoms with Crippen molar-refractivity contribution in [3.8, 4) is 0 Å². The first-order valence-electron chi connectivity index (χ1n) is 13.3. The molecule has 0 bridgehead atoms. The number of rotatable bonds is 6. The zero-order valence-corrected chi connectivity index (χ0v) is 22.9. The van der Waals surface area contributed by atoms with Crippen LogP contribution in [0.5, 0.6) is 0 Å². The molecule has 0 heterocycles. The Kier molecular flexibility index (Phi) is 13.0. The van der Waals surface area contributed by atoms with Gasteiger partial charge in [0.15, 0.2) is 0 Å². The Balaban J connectivity index is 0.000000726.